The maximum atomic E-state index is 12.8. The summed E-state index contributed by atoms with van der Waals surface area (Å²) in [6.45, 7) is 3.55. The highest BCUT2D eigenvalue weighted by atomic mass is 19.1. The van der Waals surface area contributed by atoms with E-state index in [4.69, 9.17) is 10.5 Å². The molecular weight excluding hydrogens is 303 g/mol. The fourth-order valence-corrected chi connectivity index (χ4v) is 2.11. The second-order valence-electron chi connectivity index (χ2n) is 5.24. The van der Waals surface area contributed by atoms with Crippen molar-refractivity contribution < 1.29 is 23.5 Å². The molecule has 0 aromatic heterocycles. The summed E-state index contributed by atoms with van der Waals surface area (Å²) >= 11 is 0. The van der Waals surface area contributed by atoms with Gasteiger partial charge in [-0.3, -0.25) is 14.4 Å². The van der Waals surface area contributed by atoms with Gasteiger partial charge in [0.15, 0.2) is 0 Å². The second kappa shape index (κ2) is 8.87. The van der Waals surface area contributed by atoms with E-state index in [9.17, 15) is 18.8 Å². The molecule has 0 saturated carbocycles. The number of nitrogens with two attached hydrogens (primary N) is 1. The van der Waals surface area contributed by atoms with Gasteiger partial charge in [0.1, 0.15) is 11.9 Å². The summed E-state index contributed by atoms with van der Waals surface area (Å²) < 4.78 is 17.6. The molecule has 0 unspecified atom stereocenters. The Hall–Kier alpha value is -2.44. The van der Waals surface area contributed by atoms with Crippen molar-refractivity contribution in [2.24, 2.45) is 11.7 Å². The molecule has 1 aromatic rings. The highest BCUT2D eigenvalue weighted by Gasteiger charge is 2.27. The van der Waals surface area contributed by atoms with Crippen LogP contribution in [-0.4, -0.2) is 30.4 Å². The van der Waals surface area contributed by atoms with E-state index < -0.39 is 35.6 Å². The Morgan fingerprint density at radius 1 is 1.26 bits per heavy atom. The number of carbonyl (C=O) groups excluding carboxylic acids is 3. The minimum atomic E-state index is -0.979. The molecule has 0 aliphatic heterocycles. The number of carbonyl (C=O) groups is 3. The molecule has 1 aromatic carbocycles. The zero-order valence-electron chi connectivity index (χ0n) is 13.2. The van der Waals surface area contributed by atoms with Crippen LogP contribution in [0, 0.1) is 11.7 Å². The van der Waals surface area contributed by atoms with Crippen LogP contribution >= 0.6 is 0 Å². The highest BCUT2D eigenvalue weighted by Crippen LogP contribution is 2.10. The van der Waals surface area contributed by atoms with Crippen LogP contribution in [0.15, 0.2) is 24.3 Å². The van der Waals surface area contributed by atoms with Crippen LogP contribution in [0.3, 0.4) is 0 Å². The monoisotopic (exact) mass is 324 g/mol. The van der Waals surface area contributed by atoms with E-state index in [-0.39, 0.29) is 19.4 Å². The van der Waals surface area contributed by atoms with Gasteiger partial charge in [-0.05, 0) is 30.5 Å². The van der Waals surface area contributed by atoms with E-state index >= 15 is 0 Å². The molecule has 0 spiro atoms. The molecule has 3 N–H and O–H groups in total. The Balaban J connectivity index is 2.64. The van der Waals surface area contributed by atoms with Crippen molar-refractivity contribution in [3.8, 4) is 0 Å². The summed E-state index contributed by atoms with van der Waals surface area (Å²) in [5, 5.41) is 2.51. The van der Waals surface area contributed by atoms with Gasteiger partial charge < -0.3 is 15.8 Å². The fourth-order valence-electron chi connectivity index (χ4n) is 2.11. The van der Waals surface area contributed by atoms with Crippen LogP contribution in [-0.2, 0) is 25.5 Å². The highest BCUT2D eigenvalue weighted by molar-refractivity contribution is 5.88. The van der Waals surface area contributed by atoms with Gasteiger partial charge in [0.25, 0.3) is 0 Å². The van der Waals surface area contributed by atoms with E-state index in [1.807, 2.05) is 0 Å². The summed E-state index contributed by atoms with van der Waals surface area (Å²) in [5.74, 6) is -2.51. The zero-order chi connectivity index (χ0) is 17.4. The third kappa shape index (κ3) is 6.46. The molecule has 7 heteroatoms. The van der Waals surface area contributed by atoms with E-state index in [2.05, 4.69) is 5.32 Å². The molecule has 0 heterocycles. The second-order valence-corrected chi connectivity index (χ2v) is 5.24. The molecule has 2 atom stereocenters. The third-order valence-corrected chi connectivity index (χ3v) is 3.26. The Morgan fingerprint density at radius 2 is 1.87 bits per heavy atom. The lowest BCUT2D eigenvalue weighted by Crippen LogP contribution is -2.49. The number of esters is 1. The predicted octanol–water partition coefficient (Wildman–Crippen LogP) is 0.928. The molecule has 2 amide bonds. The van der Waals surface area contributed by atoms with Crippen LogP contribution in [0.4, 0.5) is 4.39 Å². The molecule has 0 fully saturated rings. The lowest BCUT2D eigenvalue weighted by Gasteiger charge is -2.21. The summed E-state index contributed by atoms with van der Waals surface area (Å²) in [6, 6.07) is 4.48. The fraction of sp³-hybridized carbons (Fsp3) is 0.438. The van der Waals surface area contributed by atoms with Crippen molar-refractivity contribution in [1.29, 1.82) is 0 Å². The smallest absolute Gasteiger partial charge is 0.306 e. The van der Waals surface area contributed by atoms with Gasteiger partial charge >= 0.3 is 5.97 Å². The van der Waals surface area contributed by atoms with Gasteiger partial charge in [-0.2, -0.15) is 0 Å². The number of hydrogen-bond acceptors (Lipinski definition) is 4. The molecular formula is C16H21FN2O4. The van der Waals surface area contributed by atoms with Gasteiger partial charge in [0.05, 0.1) is 19.4 Å². The van der Waals surface area contributed by atoms with Crippen LogP contribution in [0.1, 0.15) is 25.8 Å². The molecule has 0 aliphatic rings. The number of rotatable bonds is 8. The van der Waals surface area contributed by atoms with Crippen molar-refractivity contribution >= 4 is 17.8 Å². The number of benzene rings is 1. The van der Waals surface area contributed by atoms with Crippen molar-refractivity contribution in [2.45, 2.75) is 32.7 Å². The number of amides is 2. The van der Waals surface area contributed by atoms with Crippen LogP contribution in [0.25, 0.3) is 0 Å². The average molecular weight is 324 g/mol. The molecule has 6 nitrogen and oxygen atoms in total. The van der Waals surface area contributed by atoms with Crippen LogP contribution in [0.5, 0.6) is 0 Å². The first-order valence-corrected chi connectivity index (χ1v) is 7.32. The number of hydrogen-bond donors (Lipinski definition) is 2. The first kappa shape index (κ1) is 18.6. The summed E-state index contributed by atoms with van der Waals surface area (Å²) in [4.78, 5) is 35.0. The van der Waals surface area contributed by atoms with Gasteiger partial charge in [-0.1, -0.05) is 19.1 Å². The van der Waals surface area contributed by atoms with Crippen molar-refractivity contribution in [1.82, 2.24) is 5.32 Å². The quantitative estimate of drug-likeness (QED) is 0.695. The lowest BCUT2D eigenvalue weighted by molar-refractivity contribution is -0.144. The summed E-state index contributed by atoms with van der Waals surface area (Å²) in [7, 11) is 0. The van der Waals surface area contributed by atoms with Gasteiger partial charge in [-0.15, -0.1) is 0 Å². The van der Waals surface area contributed by atoms with Crippen molar-refractivity contribution in [3.63, 3.8) is 0 Å². The van der Waals surface area contributed by atoms with Crippen LogP contribution in [0.2, 0.25) is 0 Å². The largest absolute Gasteiger partial charge is 0.466 e. The predicted molar refractivity (Wildman–Crippen MR) is 81.6 cm³/mol. The Bertz CT molecular complexity index is 560. The molecule has 0 saturated heterocycles. The molecule has 23 heavy (non-hydrogen) atoms. The average Bonchev–Trinajstić information content (AvgIpc) is 2.47. The number of ether oxygens (including phenoxy) is 1. The van der Waals surface area contributed by atoms with Crippen molar-refractivity contribution in [2.75, 3.05) is 6.61 Å². The number of nitrogens with one attached hydrogen (secondary N) is 1. The van der Waals surface area contributed by atoms with Gasteiger partial charge in [0.2, 0.25) is 11.8 Å². The van der Waals surface area contributed by atoms with E-state index in [1.54, 1.807) is 13.8 Å². The summed E-state index contributed by atoms with van der Waals surface area (Å²) in [6.07, 6.45) is -0.0472. The standard InChI is InChI=1S/C16H21FN2O4/c1-3-23-14(21)8-10(2)15(16(18)22)19-13(20)9-11-4-6-12(17)7-5-11/h4-7,10,15H,3,8-9H2,1-2H3,(H2,18,22)(H,19,20)/t10-,15+/m0/s1. The van der Waals surface area contributed by atoms with E-state index in [0.717, 1.165) is 0 Å². The van der Waals surface area contributed by atoms with Gasteiger partial charge in [0, 0.05) is 0 Å². The number of halogens is 1. The Kier molecular flexibility index (Phi) is 7.18. The molecule has 0 aliphatic carbocycles. The minimum absolute atomic E-state index is 0.0177. The molecule has 1 rings (SSSR count). The summed E-state index contributed by atoms with van der Waals surface area (Å²) in [5.41, 5.74) is 5.90. The Morgan fingerprint density at radius 3 is 2.39 bits per heavy atom. The maximum absolute atomic E-state index is 12.8. The number of primary amides is 1. The topological polar surface area (TPSA) is 98.5 Å². The van der Waals surface area contributed by atoms with E-state index in [1.165, 1.54) is 24.3 Å². The first-order valence-electron chi connectivity index (χ1n) is 7.32. The van der Waals surface area contributed by atoms with Crippen molar-refractivity contribution in [3.05, 3.63) is 35.6 Å². The SMILES string of the molecule is CCOC(=O)C[C@H](C)[C@@H](NC(=O)Cc1ccc(F)cc1)C(N)=O. The molecule has 126 valence electrons. The zero-order valence-corrected chi connectivity index (χ0v) is 13.2. The first-order chi connectivity index (χ1) is 10.8. The molecule has 0 bridgehead atoms. The lowest BCUT2D eigenvalue weighted by atomic mass is 9.97. The van der Waals surface area contributed by atoms with Crippen LogP contribution < -0.4 is 11.1 Å². The molecule has 0 radical (unpaired) electrons. The normalized spacial score (nSPS) is 13.0. The third-order valence-electron chi connectivity index (χ3n) is 3.26. The van der Waals surface area contributed by atoms with E-state index in [0.29, 0.717) is 5.56 Å². The maximum Gasteiger partial charge on any atom is 0.306 e. The van der Waals surface area contributed by atoms with Gasteiger partial charge in [-0.25, -0.2) is 4.39 Å². The Labute approximate surface area is 134 Å². The minimum Gasteiger partial charge on any atom is -0.466 e.